The summed E-state index contributed by atoms with van der Waals surface area (Å²) in [7, 11) is 1.28. The Morgan fingerprint density at radius 2 is 2.25 bits per heavy atom. The monoisotopic (exact) mass is 276 g/mol. The largest absolute Gasteiger partial charge is 0.463 e. The number of hydrogen-bond acceptors (Lipinski definition) is 6. The molecule has 0 radical (unpaired) electrons. The Bertz CT molecular complexity index is 676. The van der Waals surface area contributed by atoms with Gasteiger partial charge in [-0.05, 0) is 23.8 Å². The predicted octanol–water partition coefficient (Wildman–Crippen LogP) is 1.09. The summed E-state index contributed by atoms with van der Waals surface area (Å²) in [6.45, 7) is 2.16. The molecule has 0 atom stereocenters. The van der Waals surface area contributed by atoms with Crippen LogP contribution in [0.1, 0.15) is 35.9 Å². The standard InChI is InChI=1S/C13H16N4O3/c1-13(3-4-13)7-5-15-9-8(7)11(20-6-14)17-10(16-9)12(18)19-2/h5H,3-4,6,14H2,1-2H3,(H,15,16,17). The molecule has 2 aromatic heterocycles. The van der Waals surface area contributed by atoms with E-state index < -0.39 is 5.97 Å². The molecule has 2 heterocycles. The Morgan fingerprint density at radius 3 is 2.85 bits per heavy atom. The van der Waals surface area contributed by atoms with E-state index >= 15 is 0 Å². The van der Waals surface area contributed by atoms with Crippen molar-refractivity contribution in [2.24, 2.45) is 5.73 Å². The summed E-state index contributed by atoms with van der Waals surface area (Å²) in [4.78, 5) is 23.0. The van der Waals surface area contributed by atoms with Crippen LogP contribution in [0.15, 0.2) is 6.20 Å². The number of fused-ring (bicyclic) bond motifs is 1. The molecule has 1 fully saturated rings. The number of carbonyl (C=O) groups excluding carboxylic acids is 1. The fourth-order valence-electron chi connectivity index (χ4n) is 2.30. The third kappa shape index (κ3) is 1.90. The number of aromatic nitrogens is 3. The van der Waals surface area contributed by atoms with Crippen molar-refractivity contribution in [1.29, 1.82) is 0 Å². The fraction of sp³-hybridized carbons (Fsp3) is 0.462. The van der Waals surface area contributed by atoms with Gasteiger partial charge in [-0.3, -0.25) is 5.73 Å². The van der Waals surface area contributed by atoms with Crippen LogP contribution in [0.3, 0.4) is 0 Å². The molecule has 0 unspecified atom stereocenters. The SMILES string of the molecule is COC(=O)c1nc(OCN)c2c(C3(C)CC3)c[nH]c2n1. The third-order valence-corrected chi connectivity index (χ3v) is 3.74. The maximum Gasteiger partial charge on any atom is 0.376 e. The van der Waals surface area contributed by atoms with Crippen LogP contribution in [0.25, 0.3) is 11.0 Å². The van der Waals surface area contributed by atoms with E-state index in [-0.39, 0.29) is 18.0 Å². The van der Waals surface area contributed by atoms with Crippen molar-refractivity contribution < 1.29 is 14.3 Å². The topological polar surface area (TPSA) is 103 Å². The number of esters is 1. The lowest BCUT2D eigenvalue weighted by Gasteiger charge is -2.10. The average molecular weight is 276 g/mol. The zero-order valence-electron chi connectivity index (χ0n) is 11.4. The van der Waals surface area contributed by atoms with E-state index in [1.54, 1.807) is 0 Å². The van der Waals surface area contributed by atoms with Crippen molar-refractivity contribution in [3.8, 4) is 5.88 Å². The molecule has 1 saturated carbocycles. The molecule has 7 heteroatoms. The van der Waals surface area contributed by atoms with Gasteiger partial charge in [0.25, 0.3) is 0 Å². The number of methoxy groups -OCH3 is 1. The lowest BCUT2D eigenvalue weighted by Crippen LogP contribution is -2.13. The van der Waals surface area contributed by atoms with E-state index in [9.17, 15) is 4.79 Å². The van der Waals surface area contributed by atoms with Gasteiger partial charge in [-0.15, -0.1) is 0 Å². The van der Waals surface area contributed by atoms with E-state index in [0.29, 0.717) is 11.5 Å². The Labute approximate surface area is 115 Å². The maximum absolute atomic E-state index is 11.6. The Kier molecular flexibility index (Phi) is 2.86. The average Bonchev–Trinajstić information content (AvgIpc) is 3.03. The van der Waals surface area contributed by atoms with E-state index in [2.05, 4.69) is 26.6 Å². The molecule has 2 aromatic rings. The first kappa shape index (κ1) is 12.9. The molecule has 0 saturated heterocycles. The molecule has 1 aliphatic rings. The number of H-pyrrole nitrogens is 1. The van der Waals surface area contributed by atoms with Gasteiger partial charge in [0.05, 0.1) is 12.5 Å². The van der Waals surface area contributed by atoms with Crippen molar-refractivity contribution in [3.05, 3.63) is 17.6 Å². The summed E-state index contributed by atoms with van der Waals surface area (Å²) in [5.41, 5.74) is 7.24. The maximum atomic E-state index is 11.6. The molecule has 7 nitrogen and oxygen atoms in total. The third-order valence-electron chi connectivity index (χ3n) is 3.74. The molecule has 3 rings (SSSR count). The summed E-state index contributed by atoms with van der Waals surface area (Å²) < 4.78 is 10.0. The number of nitrogens with two attached hydrogens (primary N) is 1. The quantitative estimate of drug-likeness (QED) is 0.640. The molecule has 0 spiro atoms. The van der Waals surface area contributed by atoms with Gasteiger partial charge >= 0.3 is 5.97 Å². The molecule has 106 valence electrons. The fourth-order valence-corrected chi connectivity index (χ4v) is 2.30. The van der Waals surface area contributed by atoms with Gasteiger partial charge < -0.3 is 14.5 Å². The number of nitrogens with one attached hydrogen (secondary N) is 1. The second-order valence-electron chi connectivity index (χ2n) is 5.14. The van der Waals surface area contributed by atoms with Gasteiger partial charge in [0, 0.05) is 6.20 Å². The van der Waals surface area contributed by atoms with Crippen molar-refractivity contribution in [3.63, 3.8) is 0 Å². The number of carbonyl (C=O) groups is 1. The number of aromatic amines is 1. The Balaban J connectivity index is 2.20. The lowest BCUT2D eigenvalue weighted by atomic mass is 9.99. The first-order valence-electron chi connectivity index (χ1n) is 6.40. The van der Waals surface area contributed by atoms with Gasteiger partial charge in [0.2, 0.25) is 11.7 Å². The van der Waals surface area contributed by atoms with E-state index in [1.165, 1.54) is 7.11 Å². The molecular weight excluding hydrogens is 260 g/mol. The highest BCUT2D eigenvalue weighted by molar-refractivity contribution is 5.92. The minimum Gasteiger partial charge on any atom is -0.463 e. The van der Waals surface area contributed by atoms with Crippen LogP contribution in [0, 0.1) is 0 Å². The minimum absolute atomic E-state index is 0.0198. The van der Waals surface area contributed by atoms with Crippen LogP contribution in [0.2, 0.25) is 0 Å². The number of rotatable bonds is 4. The highest BCUT2D eigenvalue weighted by atomic mass is 16.5. The molecule has 0 amide bonds. The van der Waals surface area contributed by atoms with Crippen LogP contribution in [-0.2, 0) is 10.2 Å². The van der Waals surface area contributed by atoms with E-state index in [0.717, 1.165) is 23.8 Å². The minimum atomic E-state index is -0.609. The summed E-state index contributed by atoms with van der Waals surface area (Å²) in [6, 6.07) is 0. The Morgan fingerprint density at radius 1 is 1.50 bits per heavy atom. The summed E-state index contributed by atoms with van der Waals surface area (Å²) in [6.07, 6.45) is 4.12. The summed E-state index contributed by atoms with van der Waals surface area (Å²) in [5.74, 6) is -0.331. The first-order chi connectivity index (χ1) is 9.59. The van der Waals surface area contributed by atoms with E-state index in [1.807, 2.05) is 6.20 Å². The zero-order chi connectivity index (χ0) is 14.3. The lowest BCUT2D eigenvalue weighted by molar-refractivity contribution is 0.0586. The predicted molar refractivity (Wildman–Crippen MR) is 71.5 cm³/mol. The van der Waals surface area contributed by atoms with Gasteiger partial charge in [0.1, 0.15) is 12.4 Å². The molecule has 0 aromatic carbocycles. The summed E-state index contributed by atoms with van der Waals surface area (Å²) in [5, 5.41) is 0.795. The van der Waals surface area contributed by atoms with Gasteiger partial charge in [-0.2, -0.15) is 4.98 Å². The molecule has 20 heavy (non-hydrogen) atoms. The van der Waals surface area contributed by atoms with Crippen molar-refractivity contribution in [1.82, 2.24) is 15.0 Å². The van der Waals surface area contributed by atoms with Gasteiger partial charge in [-0.25, -0.2) is 9.78 Å². The van der Waals surface area contributed by atoms with Crippen LogP contribution in [0.5, 0.6) is 5.88 Å². The smallest absolute Gasteiger partial charge is 0.376 e. The van der Waals surface area contributed by atoms with Crippen molar-refractivity contribution in [2.75, 3.05) is 13.8 Å². The summed E-state index contributed by atoms with van der Waals surface area (Å²) >= 11 is 0. The number of nitrogens with zero attached hydrogens (tertiary/aromatic N) is 2. The molecule has 1 aliphatic carbocycles. The number of hydrogen-bond donors (Lipinski definition) is 2. The zero-order valence-corrected chi connectivity index (χ0v) is 11.4. The second-order valence-corrected chi connectivity index (χ2v) is 5.14. The van der Waals surface area contributed by atoms with Crippen LogP contribution in [-0.4, -0.2) is 34.8 Å². The molecule has 3 N–H and O–H groups in total. The van der Waals surface area contributed by atoms with E-state index in [4.69, 9.17) is 10.5 Å². The van der Waals surface area contributed by atoms with Gasteiger partial charge in [0.15, 0.2) is 0 Å². The second kappa shape index (κ2) is 4.45. The van der Waals surface area contributed by atoms with Crippen molar-refractivity contribution >= 4 is 17.0 Å². The molecule has 0 aliphatic heterocycles. The highest BCUT2D eigenvalue weighted by Gasteiger charge is 2.42. The van der Waals surface area contributed by atoms with Crippen LogP contribution < -0.4 is 10.5 Å². The molecular formula is C13H16N4O3. The first-order valence-corrected chi connectivity index (χ1v) is 6.40. The van der Waals surface area contributed by atoms with Crippen molar-refractivity contribution in [2.45, 2.75) is 25.2 Å². The van der Waals surface area contributed by atoms with Crippen LogP contribution in [0.4, 0.5) is 0 Å². The van der Waals surface area contributed by atoms with Crippen LogP contribution >= 0.6 is 0 Å². The van der Waals surface area contributed by atoms with Gasteiger partial charge in [-0.1, -0.05) is 6.92 Å². The Hall–Kier alpha value is -2.15. The molecule has 0 bridgehead atoms. The normalized spacial score (nSPS) is 16.1. The highest BCUT2D eigenvalue weighted by Crippen LogP contribution is 2.50. The number of ether oxygens (including phenoxy) is 2.